The molecule has 0 spiro atoms. The van der Waals surface area contributed by atoms with Crippen LogP contribution < -0.4 is 10.2 Å². The summed E-state index contributed by atoms with van der Waals surface area (Å²) in [6.45, 7) is 8.57. The van der Waals surface area contributed by atoms with Crippen molar-refractivity contribution >= 4 is 5.69 Å². The Hall–Kier alpha value is -1.09. The summed E-state index contributed by atoms with van der Waals surface area (Å²) < 4.78 is 12.8. The second-order valence-electron chi connectivity index (χ2n) is 5.78. The van der Waals surface area contributed by atoms with Gasteiger partial charge in [0.15, 0.2) is 0 Å². The number of rotatable bonds is 6. The van der Waals surface area contributed by atoms with E-state index < -0.39 is 0 Å². The largest absolute Gasteiger partial charge is 0.375 e. The highest BCUT2D eigenvalue weighted by Gasteiger charge is 2.07. The van der Waals surface area contributed by atoms with Crippen LogP contribution in [0.4, 0.5) is 10.1 Å². The third kappa shape index (κ3) is 6.01. The summed E-state index contributed by atoms with van der Waals surface area (Å²) in [6.07, 6.45) is 2.29. The Balaban J connectivity index is 2.21. The van der Waals surface area contributed by atoms with Gasteiger partial charge in [-0.25, -0.2) is 4.39 Å². The number of nitrogens with zero attached hydrogens (tertiary/aromatic N) is 1. The summed E-state index contributed by atoms with van der Waals surface area (Å²) in [4.78, 5) is 2.16. The zero-order valence-electron chi connectivity index (χ0n) is 12.0. The third-order valence-corrected chi connectivity index (χ3v) is 2.84. The Morgan fingerprint density at radius 1 is 1.11 bits per heavy atom. The fourth-order valence-corrected chi connectivity index (χ4v) is 1.76. The van der Waals surface area contributed by atoms with E-state index in [9.17, 15) is 4.39 Å². The molecule has 1 N–H and O–H groups in total. The maximum absolute atomic E-state index is 12.8. The van der Waals surface area contributed by atoms with E-state index in [0.717, 1.165) is 31.6 Å². The topological polar surface area (TPSA) is 15.3 Å². The molecule has 0 radical (unpaired) electrons. The number of nitrogens with one attached hydrogen (secondary N) is 1. The maximum Gasteiger partial charge on any atom is 0.123 e. The zero-order valence-corrected chi connectivity index (χ0v) is 12.0. The minimum absolute atomic E-state index is 0.179. The molecular formula is C15H25FN2. The van der Waals surface area contributed by atoms with Crippen molar-refractivity contribution in [2.75, 3.05) is 25.0 Å². The minimum Gasteiger partial charge on any atom is -0.375 e. The van der Waals surface area contributed by atoms with E-state index >= 15 is 0 Å². The van der Waals surface area contributed by atoms with Crippen LogP contribution >= 0.6 is 0 Å². The number of hydrogen-bond donors (Lipinski definition) is 1. The lowest BCUT2D eigenvalue weighted by Crippen LogP contribution is -2.36. The first-order valence-electron chi connectivity index (χ1n) is 6.60. The summed E-state index contributed by atoms with van der Waals surface area (Å²) in [5.41, 5.74) is 1.27. The lowest BCUT2D eigenvalue weighted by atomic mass is 10.1. The maximum atomic E-state index is 12.8. The van der Waals surface area contributed by atoms with Gasteiger partial charge in [-0.3, -0.25) is 0 Å². The molecule has 1 aromatic carbocycles. The number of hydrogen-bond acceptors (Lipinski definition) is 2. The van der Waals surface area contributed by atoms with E-state index in [0.29, 0.717) is 0 Å². The van der Waals surface area contributed by atoms with Crippen LogP contribution in [0.1, 0.15) is 33.6 Å². The first-order valence-corrected chi connectivity index (χ1v) is 6.60. The predicted octanol–water partition coefficient (Wildman–Crippen LogP) is 3.43. The highest BCUT2D eigenvalue weighted by Crippen LogP contribution is 2.13. The molecule has 1 rings (SSSR count). The molecule has 0 bridgehead atoms. The van der Waals surface area contributed by atoms with Crippen LogP contribution in [0.3, 0.4) is 0 Å². The van der Waals surface area contributed by atoms with Crippen LogP contribution in [-0.2, 0) is 0 Å². The molecule has 0 unspecified atom stereocenters. The number of benzene rings is 1. The SMILES string of the molecule is CN(CCCCNC(C)(C)C)c1ccc(F)cc1. The number of anilines is 1. The van der Waals surface area contributed by atoms with Crippen molar-refractivity contribution in [1.29, 1.82) is 0 Å². The molecule has 0 aliphatic rings. The fraction of sp³-hybridized carbons (Fsp3) is 0.600. The van der Waals surface area contributed by atoms with E-state index in [1.807, 2.05) is 19.2 Å². The van der Waals surface area contributed by atoms with Gasteiger partial charge in [0, 0.05) is 24.8 Å². The molecule has 0 aliphatic heterocycles. The van der Waals surface area contributed by atoms with Gasteiger partial charge in [0.25, 0.3) is 0 Å². The predicted molar refractivity (Wildman–Crippen MR) is 76.7 cm³/mol. The first kappa shape index (κ1) is 15.0. The standard InChI is InChI=1S/C15H25FN2/c1-15(2,3)17-11-5-6-12-18(4)14-9-7-13(16)8-10-14/h7-10,17H,5-6,11-12H2,1-4H3. The summed E-state index contributed by atoms with van der Waals surface area (Å²) in [5.74, 6) is -0.179. The van der Waals surface area contributed by atoms with Gasteiger partial charge in [-0.1, -0.05) is 0 Å². The van der Waals surface area contributed by atoms with Crippen LogP contribution in [0.15, 0.2) is 24.3 Å². The molecular weight excluding hydrogens is 227 g/mol. The van der Waals surface area contributed by atoms with E-state index in [1.54, 1.807) is 0 Å². The summed E-state index contributed by atoms with van der Waals surface area (Å²) in [5, 5.41) is 3.47. The number of unbranched alkanes of at least 4 members (excludes halogenated alkanes) is 1. The third-order valence-electron chi connectivity index (χ3n) is 2.84. The minimum atomic E-state index is -0.179. The van der Waals surface area contributed by atoms with Crippen LogP contribution in [0, 0.1) is 5.82 Å². The van der Waals surface area contributed by atoms with Gasteiger partial charge < -0.3 is 10.2 Å². The Labute approximate surface area is 110 Å². The van der Waals surface area contributed by atoms with Crippen LogP contribution in [-0.4, -0.2) is 25.7 Å². The molecule has 102 valence electrons. The molecule has 2 nitrogen and oxygen atoms in total. The van der Waals surface area contributed by atoms with Gasteiger partial charge >= 0.3 is 0 Å². The van der Waals surface area contributed by atoms with Crippen molar-refractivity contribution in [2.45, 2.75) is 39.2 Å². The van der Waals surface area contributed by atoms with Gasteiger partial charge in [0.2, 0.25) is 0 Å². The molecule has 0 fully saturated rings. The molecule has 0 saturated carbocycles. The molecule has 0 saturated heterocycles. The molecule has 3 heteroatoms. The van der Waals surface area contributed by atoms with Gasteiger partial charge in [-0.15, -0.1) is 0 Å². The van der Waals surface area contributed by atoms with Gasteiger partial charge in [-0.05, 0) is 64.4 Å². The van der Waals surface area contributed by atoms with E-state index in [-0.39, 0.29) is 11.4 Å². The van der Waals surface area contributed by atoms with Gasteiger partial charge in [0.05, 0.1) is 0 Å². The van der Waals surface area contributed by atoms with Crippen LogP contribution in [0.25, 0.3) is 0 Å². The molecule has 0 heterocycles. The average molecular weight is 252 g/mol. The normalized spacial score (nSPS) is 11.6. The highest BCUT2D eigenvalue weighted by molar-refractivity contribution is 5.45. The van der Waals surface area contributed by atoms with Crippen LogP contribution in [0.5, 0.6) is 0 Å². The molecule has 1 aromatic rings. The lowest BCUT2D eigenvalue weighted by Gasteiger charge is -2.22. The Kier molecular flexibility index (Phi) is 5.60. The summed E-state index contributed by atoms with van der Waals surface area (Å²) in [6, 6.07) is 6.66. The zero-order chi connectivity index (χ0) is 13.6. The van der Waals surface area contributed by atoms with Crippen molar-refractivity contribution in [2.24, 2.45) is 0 Å². The second kappa shape index (κ2) is 6.74. The Morgan fingerprint density at radius 3 is 2.28 bits per heavy atom. The summed E-state index contributed by atoms with van der Waals surface area (Å²) in [7, 11) is 2.05. The molecule has 0 aromatic heterocycles. The van der Waals surface area contributed by atoms with Crippen LogP contribution in [0.2, 0.25) is 0 Å². The van der Waals surface area contributed by atoms with Crippen molar-refractivity contribution < 1.29 is 4.39 Å². The monoisotopic (exact) mass is 252 g/mol. The lowest BCUT2D eigenvalue weighted by molar-refractivity contribution is 0.419. The highest BCUT2D eigenvalue weighted by atomic mass is 19.1. The molecule has 0 atom stereocenters. The van der Waals surface area contributed by atoms with E-state index in [4.69, 9.17) is 0 Å². The first-order chi connectivity index (χ1) is 8.38. The van der Waals surface area contributed by atoms with Crippen molar-refractivity contribution in [3.8, 4) is 0 Å². The van der Waals surface area contributed by atoms with Crippen molar-refractivity contribution in [3.63, 3.8) is 0 Å². The fourth-order valence-electron chi connectivity index (χ4n) is 1.76. The van der Waals surface area contributed by atoms with Crippen molar-refractivity contribution in [1.82, 2.24) is 5.32 Å². The molecule has 0 amide bonds. The summed E-state index contributed by atoms with van der Waals surface area (Å²) >= 11 is 0. The Bertz CT molecular complexity index is 341. The Morgan fingerprint density at radius 2 is 1.72 bits per heavy atom. The van der Waals surface area contributed by atoms with E-state index in [1.165, 1.54) is 12.1 Å². The smallest absolute Gasteiger partial charge is 0.123 e. The number of halogens is 1. The quantitative estimate of drug-likeness (QED) is 0.780. The van der Waals surface area contributed by atoms with Gasteiger partial charge in [-0.2, -0.15) is 0 Å². The van der Waals surface area contributed by atoms with Crippen molar-refractivity contribution in [3.05, 3.63) is 30.1 Å². The van der Waals surface area contributed by atoms with Gasteiger partial charge in [0.1, 0.15) is 5.82 Å². The molecule has 18 heavy (non-hydrogen) atoms. The van der Waals surface area contributed by atoms with E-state index in [2.05, 4.69) is 31.0 Å². The average Bonchev–Trinajstić information content (AvgIpc) is 2.27. The second-order valence-corrected chi connectivity index (χ2v) is 5.78. The molecule has 0 aliphatic carbocycles.